The summed E-state index contributed by atoms with van der Waals surface area (Å²) in [6.45, 7) is 1.52. The lowest BCUT2D eigenvalue weighted by Crippen LogP contribution is -2.45. The topological polar surface area (TPSA) is 75.6 Å². The molecule has 78 valence electrons. The van der Waals surface area contributed by atoms with Crippen molar-refractivity contribution in [1.82, 2.24) is 5.32 Å². The first-order chi connectivity index (χ1) is 6.52. The Balaban J connectivity index is 4.24. The lowest BCUT2D eigenvalue weighted by molar-refractivity contribution is -0.143. The second-order valence-corrected chi connectivity index (χ2v) is 2.69. The maximum atomic E-state index is 11.2. The van der Waals surface area contributed by atoms with Gasteiger partial charge in [0, 0.05) is 13.5 Å². The molecule has 0 rings (SSSR count). The van der Waals surface area contributed by atoms with Gasteiger partial charge >= 0.3 is 5.97 Å². The second kappa shape index (κ2) is 6.00. The number of carbonyl (C=O) groups excluding carboxylic acids is 1. The van der Waals surface area contributed by atoms with Crippen molar-refractivity contribution in [3.8, 4) is 12.3 Å². The average Bonchev–Trinajstić information content (AvgIpc) is 2.15. The van der Waals surface area contributed by atoms with Crippen LogP contribution >= 0.6 is 0 Å². The molecule has 0 radical (unpaired) electrons. The number of methoxy groups -OCH3 is 1. The van der Waals surface area contributed by atoms with Crippen molar-refractivity contribution in [3.63, 3.8) is 0 Å². The summed E-state index contributed by atoms with van der Waals surface area (Å²) in [6.07, 6.45) is 4.23. The number of terminal acetylenes is 1. The normalized spacial score (nSPS) is 13.8. The fraction of sp³-hybridized carbons (Fsp3) is 0.556. The van der Waals surface area contributed by atoms with E-state index in [0.29, 0.717) is 0 Å². The molecule has 0 saturated heterocycles. The Kier molecular flexibility index (Phi) is 5.34. The van der Waals surface area contributed by atoms with Gasteiger partial charge < -0.3 is 15.2 Å². The van der Waals surface area contributed by atoms with Crippen LogP contribution in [0.5, 0.6) is 0 Å². The van der Waals surface area contributed by atoms with E-state index in [9.17, 15) is 9.59 Å². The number of carboxylic acids is 1. The first-order valence-electron chi connectivity index (χ1n) is 4.02. The van der Waals surface area contributed by atoms with E-state index >= 15 is 0 Å². The lowest BCUT2D eigenvalue weighted by atomic mass is 10.2. The molecule has 0 spiro atoms. The molecule has 2 atom stereocenters. The predicted octanol–water partition coefficient (Wildman–Crippen LogP) is -0.386. The number of nitrogens with one attached hydrogen (secondary N) is 1. The van der Waals surface area contributed by atoms with Crippen LogP contribution < -0.4 is 5.32 Å². The molecule has 2 N–H and O–H groups in total. The summed E-state index contributed by atoms with van der Waals surface area (Å²) in [5, 5.41) is 10.9. The van der Waals surface area contributed by atoms with Crippen molar-refractivity contribution in [2.75, 3.05) is 7.11 Å². The molecule has 1 amide bonds. The number of aliphatic carboxylic acids is 1. The molecule has 0 fully saturated rings. The predicted molar refractivity (Wildman–Crippen MR) is 49.5 cm³/mol. The van der Waals surface area contributed by atoms with Crippen molar-refractivity contribution < 1.29 is 19.4 Å². The summed E-state index contributed by atoms with van der Waals surface area (Å²) >= 11 is 0. The number of hydrogen-bond donors (Lipinski definition) is 2. The molecule has 5 nitrogen and oxygen atoms in total. The molecular weight excluding hydrogens is 186 g/mol. The largest absolute Gasteiger partial charge is 0.480 e. The minimum atomic E-state index is -1.15. The SMILES string of the molecule is C#CCC(NC(=O)C(C)OC)C(=O)O. The van der Waals surface area contributed by atoms with Gasteiger partial charge in [-0.25, -0.2) is 4.79 Å². The van der Waals surface area contributed by atoms with Crippen molar-refractivity contribution >= 4 is 11.9 Å². The Bertz CT molecular complexity index is 256. The molecule has 0 aliphatic carbocycles. The van der Waals surface area contributed by atoms with Gasteiger partial charge in [0.05, 0.1) is 0 Å². The molecule has 0 aromatic rings. The highest BCUT2D eigenvalue weighted by Gasteiger charge is 2.21. The molecule has 0 aromatic carbocycles. The van der Waals surface area contributed by atoms with Crippen LogP contribution in [0.3, 0.4) is 0 Å². The molecule has 5 heteroatoms. The third-order valence-corrected chi connectivity index (χ3v) is 1.66. The first kappa shape index (κ1) is 12.5. The monoisotopic (exact) mass is 199 g/mol. The third-order valence-electron chi connectivity index (χ3n) is 1.66. The van der Waals surface area contributed by atoms with Crippen LogP contribution in [0.4, 0.5) is 0 Å². The zero-order valence-electron chi connectivity index (χ0n) is 8.11. The number of rotatable bonds is 5. The summed E-state index contributed by atoms with van der Waals surface area (Å²) < 4.78 is 4.71. The van der Waals surface area contributed by atoms with Crippen LogP contribution in [0.15, 0.2) is 0 Å². The molecule has 2 unspecified atom stereocenters. The fourth-order valence-corrected chi connectivity index (χ4v) is 0.714. The van der Waals surface area contributed by atoms with Gasteiger partial charge in [-0.2, -0.15) is 0 Å². The van der Waals surface area contributed by atoms with E-state index in [0.717, 1.165) is 0 Å². The first-order valence-corrected chi connectivity index (χ1v) is 4.02. The van der Waals surface area contributed by atoms with Gasteiger partial charge in [-0.15, -0.1) is 12.3 Å². The summed E-state index contributed by atoms with van der Waals surface area (Å²) in [4.78, 5) is 21.8. The molecule has 14 heavy (non-hydrogen) atoms. The van der Waals surface area contributed by atoms with E-state index in [1.165, 1.54) is 14.0 Å². The molecule has 0 aliphatic rings. The molecule has 0 bridgehead atoms. The Morgan fingerprint density at radius 2 is 2.21 bits per heavy atom. The summed E-state index contributed by atoms with van der Waals surface area (Å²) in [5.41, 5.74) is 0. The maximum Gasteiger partial charge on any atom is 0.327 e. The summed E-state index contributed by atoms with van der Waals surface area (Å²) in [6, 6.07) is -1.05. The molecular formula is C9H13NO4. The number of carboxylic acid groups (broad SMARTS) is 1. The quantitative estimate of drug-likeness (QED) is 0.591. The highest BCUT2D eigenvalue weighted by molar-refractivity contribution is 5.86. The second-order valence-electron chi connectivity index (χ2n) is 2.69. The van der Waals surface area contributed by atoms with E-state index in [1.54, 1.807) is 0 Å². The molecule has 0 saturated carbocycles. The van der Waals surface area contributed by atoms with Gasteiger partial charge in [0.25, 0.3) is 0 Å². The number of ether oxygens (including phenoxy) is 1. The Morgan fingerprint density at radius 1 is 1.64 bits per heavy atom. The van der Waals surface area contributed by atoms with Gasteiger partial charge in [-0.1, -0.05) is 0 Å². The third kappa shape index (κ3) is 3.92. The maximum absolute atomic E-state index is 11.2. The van der Waals surface area contributed by atoms with Crippen LogP contribution in [-0.2, 0) is 14.3 Å². The molecule has 0 aromatic heterocycles. The van der Waals surface area contributed by atoms with Crippen molar-refractivity contribution in [2.45, 2.75) is 25.5 Å². The van der Waals surface area contributed by atoms with Crippen molar-refractivity contribution in [3.05, 3.63) is 0 Å². The van der Waals surface area contributed by atoms with Crippen LogP contribution in [0.1, 0.15) is 13.3 Å². The zero-order valence-corrected chi connectivity index (χ0v) is 8.11. The summed E-state index contributed by atoms with van der Waals surface area (Å²) in [7, 11) is 1.36. The lowest BCUT2D eigenvalue weighted by Gasteiger charge is -2.14. The summed E-state index contributed by atoms with van der Waals surface area (Å²) in [5.74, 6) is 0.531. The number of hydrogen-bond acceptors (Lipinski definition) is 3. The fourth-order valence-electron chi connectivity index (χ4n) is 0.714. The van der Waals surface area contributed by atoms with E-state index in [-0.39, 0.29) is 6.42 Å². The van der Waals surface area contributed by atoms with Gasteiger partial charge in [-0.3, -0.25) is 4.79 Å². The minimum absolute atomic E-state index is 0.0441. The Labute approximate surface area is 82.4 Å². The van der Waals surface area contributed by atoms with Crippen LogP contribution in [0.2, 0.25) is 0 Å². The van der Waals surface area contributed by atoms with Crippen molar-refractivity contribution in [2.24, 2.45) is 0 Å². The van der Waals surface area contributed by atoms with Gasteiger partial charge in [0.2, 0.25) is 5.91 Å². The standard InChI is InChI=1S/C9H13NO4/c1-4-5-7(9(12)13)10-8(11)6(2)14-3/h1,6-7H,5H2,2-3H3,(H,10,11)(H,12,13). The average molecular weight is 199 g/mol. The van der Waals surface area contributed by atoms with E-state index < -0.39 is 24.0 Å². The van der Waals surface area contributed by atoms with E-state index in [1.807, 2.05) is 0 Å². The van der Waals surface area contributed by atoms with Gasteiger partial charge in [-0.05, 0) is 6.92 Å². The number of amides is 1. The highest BCUT2D eigenvalue weighted by atomic mass is 16.5. The highest BCUT2D eigenvalue weighted by Crippen LogP contribution is 1.94. The van der Waals surface area contributed by atoms with Gasteiger partial charge in [0.1, 0.15) is 12.1 Å². The van der Waals surface area contributed by atoms with Crippen molar-refractivity contribution in [1.29, 1.82) is 0 Å². The van der Waals surface area contributed by atoms with Crippen LogP contribution in [-0.4, -0.2) is 36.2 Å². The van der Waals surface area contributed by atoms with E-state index in [4.69, 9.17) is 16.3 Å². The Morgan fingerprint density at radius 3 is 2.57 bits per heavy atom. The Hall–Kier alpha value is -1.54. The number of carbonyl (C=O) groups is 2. The van der Waals surface area contributed by atoms with Crippen LogP contribution in [0.25, 0.3) is 0 Å². The van der Waals surface area contributed by atoms with Crippen LogP contribution in [0, 0.1) is 12.3 Å². The minimum Gasteiger partial charge on any atom is -0.480 e. The zero-order chi connectivity index (χ0) is 11.1. The van der Waals surface area contributed by atoms with Gasteiger partial charge in [0.15, 0.2) is 0 Å². The molecule has 0 heterocycles. The molecule has 0 aliphatic heterocycles. The smallest absolute Gasteiger partial charge is 0.327 e. The van der Waals surface area contributed by atoms with E-state index in [2.05, 4.69) is 11.2 Å².